The van der Waals surface area contributed by atoms with Crippen molar-refractivity contribution in [3.05, 3.63) is 0 Å². The van der Waals surface area contributed by atoms with Crippen molar-refractivity contribution in [1.29, 1.82) is 0 Å². The second kappa shape index (κ2) is 5.85. The van der Waals surface area contributed by atoms with Crippen LogP contribution < -0.4 is 5.32 Å². The van der Waals surface area contributed by atoms with Crippen LogP contribution in [0.2, 0.25) is 0 Å². The molecule has 5 unspecified atom stereocenters. The Hall–Kier alpha value is -0.0800. The summed E-state index contributed by atoms with van der Waals surface area (Å²) in [6.07, 6.45) is 11.6. The molecule has 0 amide bonds. The average Bonchev–Trinajstić information content (AvgIpc) is 2.79. The highest BCUT2D eigenvalue weighted by Crippen LogP contribution is 2.66. The van der Waals surface area contributed by atoms with Crippen LogP contribution in [0.3, 0.4) is 0 Å². The molecule has 0 heterocycles. The Labute approximate surface area is 131 Å². The molecule has 0 aromatic rings. The second-order valence-electron chi connectivity index (χ2n) is 8.67. The van der Waals surface area contributed by atoms with E-state index in [0.29, 0.717) is 29.1 Å². The highest BCUT2D eigenvalue weighted by Gasteiger charge is 2.62. The van der Waals surface area contributed by atoms with E-state index in [4.69, 9.17) is 4.74 Å². The lowest BCUT2D eigenvalue weighted by Crippen LogP contribution is -2.43. The van der Waals surface area contributed by atoms with Gasteiger partial charge in [-0.15, -0.1) is 0 Å². The van der Waals surface area contributed by atoms with Gasteiger partial charge in [-0.05, 0) is 74.7 Å². The van der Waals surface area contributed by atoms with E-state index in [2.05, 4.69) is 33.0 Å². The van der Waals surface area contributed by atoms with Crippen LogP contribution in [-0.4, -0.2) is 24.8 Å². The highest BCUT2D eigenvalue weighted by molar-refractivity contribution is 5.11. The van der Waals surface area contributed by atoms with Gasteiger partial charge in [0, 0.05) is 6.04 Å². The van der Waals surface area contributed by atoms with E-state index >= 15 is 0 Å². The molecule has 122 valence electrons. The topological polar surface area (TPSA) is 21.3 Å². The van der Waals surface area contributed by atoms with Gasteiger partial charge in [-0.1, -0.05) is 27.7 Å². The summed E-state index contributed by atoms with van der Waals surface area (Å²) >= 11 is 0. The minimum Gasteiger partial charge on any atom is -0.374 e. The summed E-state index contributed by atoms with van der Waals surface area (Å²) < 4.78 is 6.70. The van der Waals surface area contributed by atoms with E-state index in [1.807, 2.05) is 0 Å². The predicted octanol–water partition coefficient (Wildman–Crippen LogP) is 4.53. The maximum Gasteiger partial charge on any atom is 0.0640 e. The summed E-state index contributed by atoms with van der Waals surface area (Å²) in [6, 6.07) is 0.697. The summed E-state index contributed by atoms with van der Waals surface area (Å²) in [5.74, 6) is 0.894. The monoisotopic (exact) mass is 293 g/mol. The fourth-order valence-electron chi connectivity index (χ4n) is 5.37. The third kappa shape index (κ3) is 2.67. The normalized spacial score (nSPS) is 45.1. The van der Waals surface area contributed by atoms with Crippen molar-refractivity contribution in [3.8, 4) is 0 Å². The maximum absolute atomic E-state index is 6.70. The lowest BCUT2D eigenvalue weighted by molar-refractivity contribution is -0.0992. The van der Waals surface area contributed by atoms with Gasteiger partial charge in [0.1, 0.15) is 0 Å². The Morgan fingerprint density at radius 1 is 1.10 bits per heavy atom. The molecule has 3 fully saturated rings. The minimum atomic E-state index is 0.418. The molecule has 2 heteroatoms. The minimum absolute atomic E-state index is 0.418. The van der Waals surface area contributed by atoms with Crippen molar-refractivity contribution in [2.45, 2.75) is 97.3 Å². The zero-order chi connectivity index (χ0) is 15.1. The van der Waals surface area contributed by atoms with E-state index in [-0.39, 0.29) is 0 Å². The van der Waals surface area contributed by atoms with Gasteiger partial charge in [0.05, 0.1) is 12.2 Å². The molecule has 0 saturated heterocycles. The van der Waals surface area contributed by atoms with Gasteiger partial charge >= 0.3 is 0 Å². The Bertz CT molecular complexity index is 367. The van der Waals surface area contributed by atoms with Crippen LogP contribution in [0, 0.1) is 16.7 Å². The third-order valence-electron chi connectivity index (χ3n) is 7.38. The first-order chi connectivity index (χ1) is 9.97. The highest BCUT2D eigenvalue weighted by atomic mass is 16.5. The molecule has 0 radical (unpaired) electrons. The molecule has 21 heavy (non-hydrogen) atoms. The van der Waals surface area contributed by atoms with Crippen molar-refractivity contribution in [3.63, 3.8) is 0 Å². The van der Waals surface area contributed by atoms with Crippen LogP contribution in [0.25, 0.3) is 0 Å². The van der Waals surface area contributed by atoms with Gasteiger partial charge in [0.15, 0.2) is 0 Å². The molecular formula is C19H35NO. The third-order valence-corrected chi connectivity index (χ3v) is 7.38. The molecule has 2 nitrogen and oxygen atoms in total. The number of hydrogen-bond donors (Lipinski definition) is 1. The first-order valence-electron chi connectivity index (χ1n) is 9.36. The number of ether oxygens (including phenoxy) is 1. The zero-order valence-corrected chi connectivity index (χ0v) is 14.6. The van der Waals surface area contributed by atoms with E-state index in [0.717, 1.165) is 12.5 Å². The molecule has 0 spiro atoms. The van der Waals surface area contributed by atoms with Crippen molar-refractivity contribution < 1.29 is 4.74 Å². The predicted molar refractivity (Wildman–Crippen MR) is 88.4 cm³/mol. The zero-order valence-electron chi connectivity index (χ0n) is 14.6. The molecule has 3 saturated carbocycles. The number of rotatable bonds is 5. The number of hydrogen-bond acceptors (Lipinski definition) is 2. The van der Waals surface area contributed by atoms with Crippen molar-refractivity contribution in [1.82, 2.24) is 5.32 Å². The smallest absolute Gasteiger partial charge is 0.0640 e. The molecule has 0 aromatic carbocycles. The molecular weight excluding hydrogens is 258 g/mol. The van der Waals surface area contributed by atoms with Crippen molar-refractivity contribution in [2.24, 2.45) is 16.7 Å². The molecule has 0 aliphatic heterocycles. The molecule has 3 aliphatic carbocycles. The largest absolute Gasteiger partial charge is 0.374 e. The van der Waals surface area contributed by atoms with Gasteiger partial charge in [-0.2, -0.15) is 0 Å². The summed E-state index contributed by atoms with van der Waals surface area (Å²) in [4.78, 5) is 0. The van der Waals surface area contributed by atoms with Crippen LogP contribution in [0.15, 0.2) is 0 Å². The summed E-state index contributed by atoms with van der Waals surface area (Å²) in [5, 5.41) is 3.71. The second-order valence-corrected chi connectivity index (χ2v) is 8.67. The SMILES string of the molecule is CCCNC1CCCC(OC2CC3CCC2(C)C3(C)C)C1. The van der Waals surface area contributed by atoms with Gasteiger partial charge < -0.3 is 10.1 Å². The summed E-state index contributed by atoms with van der Waals surface area (Å²) in [5.41, 5.74) is 0.896. The quantitative estimate of drug-likeness (QED) is 0.804. The van der Waals surface area contributed by atoms with E-state index in [1.54, 1.807) is 0 Å². The summed E-state index contributed by atoms with van der Waals surface area (Å²) in [7, 11) is 0. The summed E-state index contributed by atoms with van der Waals surface area (Å²) in [6.45, 7) is 10.9. The van der Waals surface area contributed by atoms with Gasteiger partial charge in [-0.3, -0.25) is 0 Å². The van der Waals surface area contributed by atoms with E-state index in [1.165, 1.54) is 51.4 Å². The Kier molecular flexibility index (Phi) is 4.40. The van der Waals surface area contributed by atoms with Gasteiger partial charge in [-0.25, -0.2) is 0 Å². The number of fused-ring (bicyclic) bond motifs is 2. The molecule has 3 aliphatic rings. The maximum atomic E-state index is 6.70. The first-order valence-corrected chi connectivity index (χ1v) is 9.36. The lowest BCUT2D eigenvalue weighted by atomic mass is 9.70. The molecule has 5 atom stereocenters. The van der Waals surface area contributed by atoms with Crippen LogP contribution in [0.4, 0.5) is 0 Å². The Balaban J connectivity index is 1.58. The fraction of sp³-hybridized carbons (Fsp3) is 1.00. The Morgan fingerprint density at radius 2 is 1.90 bits per heavy atom. The molecule has 2 bridgehead atoms. The lowest BCUT2D eigenvalue weighted by Gasteiger charge is -2.41. The average molecular weight is 293 g/mol. The fourth-order valence-corrected chi connectivity index (χ4v) is 5.37. The van der Waals surface area contributed by atoms with Gasteiger partial charge in [0.25, 0.3) is 0 Å². The number of nitrogens with one attached hydrogen (secondary N) is 1. The van der Waals surface area contributed by atoms with Crippen molar-refractivity contribution >= 4 is 0 Å². The van der Waals surface area contributed by atoms with Crippen molar-refractivity contribution in [2.75, 3.05) is 6.54 Å². The van der Waals surface area contributed by atoms with E-state index < -0.39 is 0 Å². The van der Waals surface area contributed by atoms with Crippen LogP contribution in [0.5, 0.6) is 0 Å². The first kappa shape index (κ1) is 15.8. The molecule has 3 rings (SSSR count). The van der Waals surface area contributed by atoms with Gasteiger partial charge in [0.2, 0.25) is 0 Å². The van der Waals surface area contributed by atoms with Crippen LogP contribution in [0.1, 0.15) is 79.1 Å². The van der Waals surface area contributed by atoms with Crippen LogP contribution >= 0.6 is 0 Å². The standard InChI is InChI=1S/C19H35NO/c1-5-11-20-15-7-6-8-16(13-15)21-17-12-14-9-10-19(17,4)18(14,2)3/h14-17,20H,5-13H2,1-4H3. The van der Waals surface area contributed by atoms with E-state index in [9.17, 15) is 0 Å². The molecule has 1 N–H and O–H groups in total. The Morgan fingerprint density at radius 3 is 2.52 bits per heavy atom. The van der Waals surface area contributed by atoms with Crippen LogP contribution in [-0.2, 0) is 4.74 Å². The molecule has 0 aromatic heterocycles.